The van der Waals surface area contributed by atoms with E-state index in [0.29, 0.717) is 0 Å². The molecule has 0 radical (unpaired) electrons. The molecule has 3 heterocycles. The number of para-hydroxylation sites is 3. The molecule has 11 aromatic rings. The summed E-state index contributed by atoms with van der Waals surface area (Å²) in [6.07, 6.45) is 0. The quantitative estimate of drug-likeness (QED) is 0.169. The molecule has 8 aromatic carbocycles. The third-order valence-corrected chi connectivity index (χ3v) is 12.5. The van der Waals surface area contributed by atoms with Crippen molar-refractivity contribution >= 4 is 61.2 Å². The smallest absolute Gasteiger partial charge is 0.165 e. The van der Waals surface area contributed by atoms with Crippen molar-refractivity contribution in [3.8, 4) is 33.6 Å². The Kier molecular flexibility index (Phi) is 7.51. The Labute approximate surface area is 348 Å². The zero-order valence-corrected chi connectivity index (χ0v) is 33.3. The lowest BCUT2D eigenvalue weighted by Crippen LogP contribution is -2.16. The van der Waals surface area contributed by atoms with Crippen LogP contribution >= 0.6 is 0 Å². The van der Waals surface area contributed by atoms with E-state index in [0.717, 1.165) is 72.6 Å². The van der Waals surface area contributed by atoms with Crippen LogP contribution < -0.4 is 4.90 Å². The van der Waals surface area contributed by atoms with Crippen LogP contribution in [0.4, 0.5) is 17.1 Å². The third-order valence-electron chi connectivity index (χ3n) is 12.5. The maximum absolute atomic E-state index is 5.48. The van der Waals surface area contributed by atoms with Gasteiger partial charge in [-0.25, -0.2) is 9.97 Å². The lowest BCUT2D eigenvalue weighted by atomic mass is 9.82. The first kappa shape index (κ1) is 34.3. The fourth-order valence-electron chi connectivity index (χ4n) is 9.62. The molecule has 12 rings (SSSR count). The minimum Gasteiger partial charge on any atom is -0.310 e. The van der Waals surface area contributed by atoms with Gasteiger partial charge >= 0.3 is 0 Å². The molecule has 5 nitrogen and oxygen atoms in total. The first-order valence-corrected chi connectivity index (χ1v) is 20.6. The van der Waals surface area contributed by atoms with E-state index < -0.39 is 0 Å². The summed E-state index contributed by atoms with van der Waals surface area (Å²) in [5.41, 5.74) is 18.6. The van der Waals surface area contributed by atoms with Crippen molar-refractivity contribution in [3.05, 3.63) is 211 Å². The van der Waals surface area contributed by atoms with Gasteiger partial charge in [0.1, 0.15) is 11.0 Å². The van der Waals surface area contributed by atoms with Gasteiger partial charge in [-0.3, -0.25) is 9.13 Å². The first-order chi connectivity index (χ1) is 29.5. The van der Waals surface area contributed by atoms with Gasteiger partial charge in [0.25, 0.3) is 0 Å². The van der Waals surface area contributed by atoms with E-state index in [9.17, 15) is 0 Å². The SMILES string of the molecule is CC1(C)c2ccccc2-c2ccc(N(c3ccc(-c4ccccc4)cc3)c3ccc(-n4c5ccccc5c5nc6c(nc54)c4ccccc4n6-c4ccccc4)cc3)cc21. The molecule has 0 N–H and O–H groups in total. The Morgan fingerprint density at radius 2 is 0.867 bits per heavy atom. The highest BCUT2D eigenvalue weighted by molar-refractivity contribution is 6.12. The molecule has 3 aromatic heterocycles. The Bertz CT molecular complexity index is 3430. The van der Waals surface area contributed by atoms with Crippen molar-refractivity contribution in [2.75, 3.05) is 4.90 Å². The van der Waals surface area contributed by atoms with Crippen molar-refractivity contribution < 1.29 is 0 Å². The van der Waals surface area contributed by atoms with Crippen LogP contribution in [0, 0.1) is 0 Å². The molecule has 0 unspecified atom stereocenters. The summed E-state index contributed by atoms with van der Waals surface area (Å²) in [6, 6.07) is 71.7. The number of hydrogen-bond acceptors (Lipinski definition) is 3. The second kappa shape index (κ2) is 13.1. The molecule has 1 aliphatic rings. The number of anilines is 3. The van der Waals surface area contributed by atoms with Gasteiger partial charge < -0.3 is 4.90 Å². The topological polar surface area (TPSA) is 38.9 Å². The normalized spacial score (nSPS) is 13.0. The summed E-state index contributed by atoms with van der Waals surface area (Å²) in [6.45, 7) is 4.69. The van der Waals surface area contributed by atoms with Gasteiger partial charge in [-0.15, -0.1) is 0 Å². The Morgan fingerprint density at radius 1 is 0.400 bits per heavy atom. The largest absolute Gasteiger partial charge is 0.310 e. The lowest BCUT2D eigenvalue weighted by Gasteiger charge is -2.28. The minimum absolute atomic E-state index is 0.120. The summed E-state index contributed by atoms with van der Waals surface area (Å²) in [5, 5.41) is 2.14. The highest BCUT2D eigenvalue weighted by Crippen LogP contribution is 2.50. The molecule has 0 aliphatic heterocycles. The second-order valence-electron chi connectivity index (χ2n) is 16.3. The highest BCUT2D eigenvalue weighted by atomic mass is 15.1. The van der Waals surface area contributed by atoms with Gasteiger partial charge in [0.15, 0.2) is 11.3 Å². The maximum Gasteiger partial charge on any atom is 0.165 e. The lowest BCUT2D eigenvalue weighted by molar-refractivity contribution is 0.660. The van der Waals surface area contributed by atoms with E-state index >= 15 is 0 Å². The molecule has 284 valence electrons. The van der Waals surface area contributed by atoms with Crippen molar-refractivity contribution in [3.63, 3.8) is 0 Å². The molecule has 5 heteroatoms. The van der Waals surface area contributed by atoms with Gasteiger partial charge in [-0.1, -0.05) is 141 Å². The Balaban J connectivity index is 1.02. The van der Waals surface area contributed by atoms with Gasteiger partial charge in [0.05, 0.1) is 11.0 Å². The molecule has 0 bridgehead atoms. The minimum atomic E-state index is -0.120. The maximum atomic E-state index is 5.48. The molecule has 1 aliphatic carbocycles. The average molecular weight is 770 g/mol. The summed E-state index contributed by atoms with van der Waals surface area (Å²) < 4.78 is 4.50. The fraction of sp³-hybridized carbons (Fsp3) is 0.0545. The predicted octanol–water partition coefficient (Wildman–Crippen LogP) is 14.1. The molecular weight excluding hydrogens is 731 g/mol. The van der Waals surface area contributed by atoms with E-state index in [2.05, 4.69) is 222 Å². The van der Waals surface area contributed by atoms with E-state index in [1.165, 1.54) is 33.4 Å². The van der Waals surface area contributed by atoms with Crippen molar-refractivity contribution in [1.82, 2.24) is 19.1 Å². The zero-order valence-electron chi connectivity index (χ0n) is 33.3. The molecule has 0 amide bonds. The molecule has 0 saturated carbocycles. The van der Waals surface area contributed by atoms with Crippen LogP contribution in [0.25, 0.3) is 77.8 Å². The molecule has 60 heavy (non-hydrogen) atoms. The molecular formula is C55H39N5. The van der Waals surface area contributed by atoms with Gasteiger partial charge in [-0.05, 0) is 106 Å². The van der Waals surface area contributed by atoms with E-state index in [1.54, 1.807) is 0 Å². The number of aromatic nitrogens is 4. The van der Waals surface area contributed by atoms with Crippen LogP contribution in [0.3, 0.4) is 0 Å². The van der Waals surface area contributed by atoms with Gasteiger partial charge in [0, 0.05) is 44.6 Å². The summed E-state index contributed by atoms with van der Waals surface area (Å²) in [4.78, 5) is 13.3. The number of fused-ring (bicyclic) bond motifs is 9. The van der Waals surface area contributed by atoms with Crippen LogP contribution in [0.5, 0.6) is 0 Å². The van der Waals surface area contributed by atoms with Gasteiger partial charge in [-0.2, -0.15) is 0 Å². The van der Waals surface area contributed by atoms with Crippen LogP contribution in [0.15, 0.2) is 200 Å². The number of benzene rings is 8. The number of nitrogens with zero attached hydrogens (tertiary/aromatic N) is 5. The third kappa shape index (κ3) is 5.12. The molecule has 0 saturated heterocycles. The summed E-state index contributed by atoms with van der Waals surface area (Å²) >= 11 is 0. The first-order valence-electron chi connectivity index (χ1n) is 20.6. The van der Waals surface area contributed by atoms with Crippen LogP contribution in [-0.4, -0.2) is 19.1 Å². The standard InChI is InChI=1S/C55H39N5/c1-55(2)47-22-12-9-19-43(47)44-34-33-42(35-48(44)55)58(39-27-25-37(26-28-39)36-15-5-3-6-16-36)40-29-31-41(32-30-40)60-50-24-14-11-21-46(50)52-54(60)57-51-45-20-10-13-23-49(45)59(53(51)56-52)38-17-7-4-8-18-38/h3-35H,1-2H3. The second-order valence-corrected chi connectivity index (χ2v) is 16.3. The van der Waals surface area contributed by atoms with E-state index in [1.807, 2.05) is 6.07 Å². The molecule has 0 atom stereocenters. The van der Waals surface area contributed by atoms with Crippen LogP contribution in [-0.2, 0) is 5.41 Å². The zero-order chi connectivity index (χ0) is 40.0. The number of rotatable bonds is 6. The average Bonchev–Trinajstić information content (AvgIpc) is 3.89. The predicted molar refractivity (Wildman–Crippen MR) is 248 cm³/mol. The molecule has 0 spiro atoms. The van der Waals surface area contributed by atoms with Crippen LogP contribution in [0.1, 0.15) is 25.0 Å². The summed E-state index contributed by atoms with van der Waals surface area (Å²) in [5.74, 6) is 0. The summed E-state index contributed by atoms with van der Waals surface area (Å²) in [7, 11) is 0. The van der Waals surface area contributed by atoms with Gasteiger partial charge in [0.2, 0.25) is 0 Å². The van der Waals surface area contributed by atoms with Crippen LogP contribution in [0.2, 0.25) is 0 Å². The Morgan fingerprint density at radius 3 is 1.50 bits per heavy atom. The van der Waals surface area contributed by atoms with Crippen molar-refractivity contribution in [2.45, 2.75) is 19.3 Å². The van der Waals surface area contributed by atoms with E-state index in [4.69, 9.17) is 9.97 Å². The van der Waals surface area contributed by atoms with Crippen molar-refractivity contribution in [1.29, 1.82) is 0 Å². The monoisotopic (exact) mass is 769 g/mol. The van der Waals surface area contributed by atoms with Crippen molar-refractivity contribution in [2.24, 2.45) is 0 Å². The molecule has 0 fully saturated rings. The fourth-order valence-corrected chi connectivity index (χ4v) is 9.62. The highest BCUT2D eigenvalue weighted by Gasteiger charge is 2.35. The number of hydrogen-bond donors (Lipinski definition) is 0. The van der Waals surface area contributed by atoms with E-state index in [-0.39, 0.29) is 5.41 Å². The Hall–Kier alpha value is -7.76.